The molecular weight excluding hydrogens is 194 g/mol. The van der Waals surface area contributed by atoms with Gasteiger partial charge in [0.15, 0.2) is 22.9 Å². The minimum Gasteiger partial charge on any atom is -0.463 e. The Balaban J connectivity index is 2.15. The maximum absolute atomic E-state index is 5.25. The quantitative estimate of drug-likeness (QED) is 0.690. The molecule has 0 unspecified atom stereocenters. The zero-order chi connectivity index (χ0) is 10.1. The van der Waals surface area contributed by atoms with Crippen LogP contribution in [0.2, 0.25) is 0 Å². The lowest BCUT2D eigenvalue weighted by atomic mass is 10.2. The smallest absolute Gasteiger partial charge is 0.159 e. The molecule has 15 heavy (non-hydrogen) atoms. The highest BCUT2D eigenvalue weighted by Crippen LogP contribution is 2.28. The largest absolute Gasteiger partial charge is 0.463 e. The number of furan rings is 2. The molecular formula is C10H7N3O2. The van der Waals surface area contributed by atoms with E-state index in [2.05, 4.69) is 15.4 Å². The van der Waals surface area contributed by atoms with E-state index in [4.69, 9.17) is 8.83 Å². The lowest BCUT2D eigenvalue weighted by Gasteiger charge is -1.92. The first-order valence-electron chi connectivity index (χ1n) is 4.43. The zero-order valence-corrected chi connectivity index (χ0v) is 7.68. The highest BCUT2D eigenvalue weighted by molar-refractivity contribution is 5.71. The van der Waals surface area contributed by atoms with Crippen LogP contribution in [0.4, 0.5) is 0 Å². The van der Waals surface area contributed by atoms with E-state index >= 15 is 0 Å². The van der Waals surface area contributed by atoms with E-state index in [0.717, 1.165) is 0 Å². The maximum Gasteiger partial charge on any atom is 0.159 e. The number of hydrogen-bond donors (Lipinski definition) is 1. The third-order valence-electron chi connectivity index (χ3n) is 2.06. The molecule has 3 aromatic heterocycles. The van der Waals surface area contributed by atoms with Crippen LogP contribution >= 0.6 is 0 Å². The van der Waals surface area contributed by atoms with Crippen LogP contribution in [0.25, 0.3) is 22.9 Å². The molecule has 0 atom stereocenters. The molecule has 0 spiro atoms. The van der Waals surface area contributed by atoms with Crippen molar-refractivity contribution >= 4 is 0 Å². The van der Waals surface area contributed by atoms with E-state index in [1.54, 1.807) is 24.7 Å². The Kier molecular flexibility index (Phi) is 1.68. The monoisotopic (exact) mass is 201 g/mol. The van der Waals surface area contributed by atoms with Crippen molar-refractivity contribution < 1.29 is 8.83 Å². The highest BCUT2D eigenvalue weighted by Gasteiger charge is 2.16. The van der Waals surface area contributed by atoms with Gasteiger partial charge in [0.1, 0.15) is 0 Å². The van der Waals surface area contributed by atoms with Crippen molar-refractivity contribution in [2.45, 2.75) is 0 Å². The second-order valence-corrected chi connectivity index (χ2v) is 2.98. The predicted octanol–water partition coefficient (Wildman–Crippen LogP) is 2.32. The number of aromatic amines is 1. The Morgan fingerprint density at radius 1 is 0.867 bits per heavy atom. The summed E-state index contributed by atoms with van der Waals surface area (Å²) in [6.07, 6.45) is 3.19. The van der Waals surface area contributed by atoms with Gasteiger partial charge in [-0.2, -0.15) is 15.4 Å². The van der Waals surface area contributed by atoms with Crippen molar-refractivity contribution in [2.24, 2.45) is 0 Å². The molecule has 5 heteroatoms. The van der Waals surface area contributed by atoms with Crippen LogP contribution in [0.3, 0.4) is 0 Å². The summed E-state index contributed by atoms with van der Waals surface area (Å²) in [7, 11) is 0. The Morgan fingerprint density at radius 2 is 1.40 bits per heavy atom. The normalized spacial score (nSPS) is 10.7. The van der Waals surface area contributed by atoms with Crippen LogP contribution in [-0.2, 0) is 0 Å². The second-order valence-electron chi connectivity index (χ2n) is 2.98. The molecule has 0 aliphatic rings. The number of aromatic nitrogens is 3. The Bertz CT molecular complexity index is 488. The van der Waals surface area contributed by atoms with Gasteiger partial charge in [-0.05, 0) is 24.3 Å². The number of nitrogens with zero attached hydrogens (tertiary/aromatic N) is 2. The van der Waals surface area contributed by atoms with Crippen molar-refractivity contribution in [3.05, 3.63) is 36.8 Å². The lowest BCUT2D eigenvalue weighted by Crippen LogP contribution is -1.78. The van der Waals surface area contributed by atoms with Gasteiger partial charge in [0.05, 0.1) is 12.5 Å². The number of hydrogen-bond acceptors (Lipinski definition) is 4. The van der Waals surface area contributed by atoms with E-state index in [0.29, 0.717) is 22.9 Å². The molecule has 3 heterocycles. The Hall–Kier alpha value is -2.30. The van der Waals surface area contributed by atoms with Crippen LogP contribution < -0.4 is 0 Å². The van der Waals surface area contributed by atoms with Crippen molar-refractivity contribution in [2.75, 3.05) is 0 Å². The standard InChI is InChI=1S/C10H7N3O2/c1-3-7(14-5-1)9-10(12-13-11-9)8-4-2-6-15-8/h1-6H,(H,11,12,13). The summed E-state index contributed by atoms with van der Waals surface area (Å²) in [5, 5.41) is 10.6. The molecule has 0 radical (unpaired) electrons. The van der Waals surface area contributed by atoms with E-state index in [1.165, 1.54) is 0 Å². The SMILES string of the molecule is c1coc(-c2n[nH]nc2-c2ccco2)c1. The molecule has 0 amide bonds. The van der Waals surface area contributed by atoms with Gasteiger partial charge < -0.3 is 8.83 Å². The van der Waals surface area contributed by atoms with Gasteiger partial charge in [-0.25, -0.2) is 0 Å². The summed E-state index contributed by atoms with van der Waals surface area (Å²) in [6.45, 7) is 0. The topological polar surface area (TPSA) is 67.8 Å². The van der Waals surface area contributed by atoms with Gasteiger partial charge in [0.2, 0.25) is 0 Å². The third-order valence-corrected chi connectivity index (χ3v) is 2.06. The zero-order valence-electron chi connectivity index (χ0n) is 7.68. The number of rotatable bonds is 2. The number of nitrogens with one attached hydrogen (secondary N) is 1. The van der Waals surface area contributed by atoms with Crippen LogP contribution in [0.15, 0.2) is 45.6 Å². The molecule has 5 nitrogen and oxygen atoms in total. The van der Waals surface area contributed by atoms with Gasteiger partial charge in [-0.3, -0.25) is 0 Å². The maximum atomic E-state index is 5.25. The summed E-state index contributed by atoms with van der Waals surface area (Å²) in [5.41, 5.74) is 1.30. The average Bonchev–Trinajstić information content (AvgIpc) is 3.01. The van der Waals surface area contributed by atoms with Crippen LogP contribution in [-0.4, -0.2) is 15.4 Å². The van der Waals surface area contributed by atoms with E-state index in [-0.39, 0.29) is 0 Å². The fourth-order valence-electron chi connectivity index (χ4n) is 1.40. The second kappa shape index (κ2) is 3.13. The van der Waals surface area contributed by atoms with Crippen molar-refractivity contribution in [1.29, 1.82) is 0 Å². The van der Waals surface area contributed by atoms with Crippen molar-refractivity contribution in [1.82, 2.24) is 15.4 Å². The molecule has 3 aromatic rings. The van der Waals surface area contributed by atoms with Crippen molar-refractivity contribution in [3.63, 3.8) is 0 Å². The van der Waals surface area contributed by atoms with E-state index in [1.807, 2.05) is 12.1 Å². The first kappa shape index (κ1) is 8.05. The fourth-order valence-corrected chi connectivity index (χ4v) is 1.40. The van der Waals surface area contributed by atoms with E-state index < -0.39 is 0 Å². The molecule has 0 aromatic carbocycles. The molecule has 3 rings (SSSR count). The van der Waals surface area contributed by atoms with Gasteiger partial charge in [-0.15, -0.1) is 0 Å². The minimum absolute atomic E-state index is 0.648. The van der Waals surface area contributed by atoms with Crippen molar-refractivity contribution in [3.8, 4) is 22.9 Å². The molecule has 0 bridgehead atoms. The summed E-state index contributed by atoms with van der Waals surface area (Å²) >= 11 is 0. The molecule has 1 N–H and O–H groups in total. The molecule has 0 saturated heterocycles. The third kappa shape index (κ3) is 1.25. The first-order valence-corrected chi connectivity index (χ1v) is 4.43. The van der Waals surface area contributed by atoms with Gasteiger partial charge >= 0.3 is 0 Å². The highest BCUT2D eigenvalue weighted by atomic mass is 16.3. The predicted molar refractivity (Wildman–Crippen MR) is 51.8 cm³/mol. The first-order chi connectivity index (χ1) is 7.45. The lowest BCUT2D eigenvalue weighted by molar-refractivity contribution is 0.573. The van der Waals surface area contributed by atoms with Gasteiger partial charge in [-0.1, -0.05) is 0 Å². The Morgan fingerprint density at radius 3 is 1.80 bits per heavy atom. The summed E-state index contributed by atoms with van der Waals surface area (Å²) in [5.74, 6) is 1.32. The molecule has 0 fully saturated rings. The van der Waals surface area contributed by atoms with Crippen LogP contribution in [0.5, 0.6) is 0 Å². The molecule has 0 aliphatic carbocycles. The summed E-state index contributed by atoms with van der Waals surface area (Å²) < 4.78 is 10.5. The Labute approximate surface area is 84.7 Å². The summed E-state index contributed by atoms with van der Waals surface area (Å²) in [4.78, 5) is 0. The fraction of sp³-hybridized carbons (Fsp3) is 0. The van der Waals surface area contributed by atoms with Gasteiger partial charge in [0, 0.05) is 0 Å². The molecule has 0 saturated carbocycles. The molecule has 0 aliphatic heterocycles. The van der Waals surface area contributed by atoms with Crippen LogP contribution in [0.1, 0.15) is 0 Å². The van der Waals surface area contributed by atoms with Crippen LogP contribution in [0, 0.1) is 0 Å². The number of H-pyrrole nitrogens is 1. The van der Waals surface area contributed by atoms with Gasteiger partial charge in [0.25, 0.3) is 0 Å². The van der Waals surface area contributed by atoms with E-state index in [9.17, 15) is 0 Å². The minimum atomic E-state index is 0.648. The average molecular weight is 201 g/mol. The summed E-state index contributed by atoms with van der Waals surface area (Å²) in [6, 6.07) is 7.25. The molecule has 74 valence electrons.